The first kappa shape index (κ1) is 17.7. The number of benzene rings is 1. The molecule has 0 radical (unpaired) electrons. The molecular formula is C16H15ClN4O2S2. The summed E-state index contributed by atoms with van der Waals surface area (Å²) in [6, 6.07) is 5.59. The van der Waals surface area contributed by atoms with E-state index in [-0.39, 0.29) is 0 Å². The standard InChI is InChI=1S/C16H15ClN4O2S2/c1-8-11(7-18-21(8)2)20-16(24)19-9-4-5-10-12(6-9)25-14(13(10)17)15(22)23-3/h4-7H,1-3H3,(H2,19,20,24). The molecule has 0 aliphatic rings. The van der Waals surface area contributed by atoms with Crippen LogP contribution >= 0.6 is 35.2 Å². The van der Waals surface area contributed by atoms with E-state index in [1.54, 1.807) is 10.9 Å². The molecule has 0 unspecified atom stereocenters. The van der Waals surface area contributed by atoms with Gasteiger partial charge >= 0.3 is 5.97 Å². The maximum atomic E-state index is 11.8. The summed E-state index contributed by atoms with van der Waals surface area (Å²) in [5.74, 6) is -0.440. The van der Waals surface area contributed by atoms with E-state index >= 15 is 0 Å². The van der Waals surface area contributed by atoms with E-state index in [2.05, 4.69) is 15.7 Å². The van der Waals surface area contributed by atoms with E-state index < -0.39 is 5.97 Å². The molecule has 2 aromatic heterocycles. The number of anilines is 2. The summed E-state index contributed by atoms with van der Waals surface area (Å²) >= 11 is 12.9. The molecule has 25 heavy (non-hydrogen) atoms. The third kappa shape index (κ3) is 3.46. The Morgan fingerprint density at radius 2 is 2.16 bits per heavy atom. The molecule has 0 amide bonds. The van der Waals surface area contributed by atoms with Crippen molar-refractivity contribution in [2.24, 2.45) is 7.05 Å². The molecule has 0 saturated carbocycles. The van der Waals surface area contributed by atoms with Crippen molar-refractivity contribution in [1.29, 1.82) is 0 Å². The number of ether oxygens (including phenoxy) is 1. The fourth-order valence-corrected chi connectivity index (χ4v) is 3.97. The SMILES string of the molecule is COC(=O)c1sc2cc(NC(=S)Nc3cnn(C)c3C)ccc2c1Cl. The number of thiophene rings is 1. The zero-order chi connectivity index (χ0) is 18.1. The van der Waals surface area contributed by atoms with Crippen LogP contribution in [-0.4, -0.2) is 28.0 Å². The number of fused-ring (bicyclic) bond motifs is 1. The minimum Gasteiger partial charge on any atom is -0.465 e. The molecule has 3 rings (SSSR count). The fourth-order valence-electron chi connectivity index (χ4n) is 2.27. The number of hydrogen-bond acceptors (Lipinski definition) is 5. The van der Waals surface area contributed by atoms with Crippen LogP contribution in [0.15, 0.2) is 24.4 Å². The molecule has 2 N–H and O–H groups in total. The topological polar surface area (TPSA) is 68.2 Å². The Labute approximate surface area is 158 Å². The molecule has 0 aliphatic carbocycles. The first-order valence-electron chi connectivity index (χ1n) is 7.27. The molecule has 0 spiro atoms. The molecular weight excluding hydrogens is 380 g/mol. The van der Waals surface area contributed by atoms with Crippen LogP contribution < -0.4 is 10.6 Å². The Hall–Kier alpha value is -2.16. The number of nitrogens with zero attached hydrogens (tertiary/aromatic N) is 2. The number of aromatic nitrogens is 2. The van der Waals surface area contributed by atoms with Gasteiger partial charge in [-0.2, -0.15) is 5.10 Å². The van der Waals surface area contributed by atoms with E-state index in [4.69, 9.17) is 28.6 Å². The Morgan fingerprint density at radius 1 is 1.40 bits per heavy atom. The van der Waals surface area contributed by atoms with Gasteiger partial charge < -0.3 is 15.4 Å². The highest BCUT2D eigenvalue weighted by Gasteiger charge is 2.17. The summed E-state index contributed by atoms with van der Waals surface area (Å²) in [6.07, 6.45) is 1.72. The lowest BCUT2D eigenvalue weighted by atomic mass is 10.2. The first-order chi connectivity index (χ1) is 11.9. The normalized spacial score (nSPS) is 10.7. The number of carbonyl (C=O) groups is 1. The Bertz CT molecular complexity index is 980. The van der Waals surface area contributed by atoms with Crippen molar-refractivity contribution in [2.75, 3.05) is 17.7 Å². The van der Waals surface area contributed by atoms with Gasteiger partial charge in [0.1, 0.15) is 4.88 Å². The second-order valence-electron chi connectivity index (χ2n) is 5.29. The van der Waals surface area contributed by atoms with E-state index in [1.165, 1.54) is 18.4 Å². The number of halogens is 1. The van der Waals surface area contributed by atoms with Gasteiger partial charge in [-0.1, -0.05) is 11.6 Å². The van der Waals surface area contributed by atoms with Gasteiger partial charge in [0.2, 0.25) is 0 Å². The third-order valence-electron chi connectivity index (χ3n) is 3.74. The van der Waals surface area contributed by atoms with Crippen molar-refractivity contribution in [2.45, 2.75) is 6.92 Å². The van der Waals surface area contributed by atoms with Crippen molar-refractivity contribution in [3.8, 4) is 0 Å². The third-order valence-corrected chi connectivity index (χ3v) is 5.58. The minimum absolute atomic E-state index is 0.392. The summed E-state index contributed by atoms with van der Waals surface area (Å²) in [4.78, 5) is 12.1. The quantitative estimate of drug-likeness (QED) is 0.512. The number of methoxy groups -OCH3 is 1. The van der Waals surface area contributed by atoms with Gasteiger partial charge in [0.05, 0.1) is 29.7 Å². The number of esters is 1. The molecule has 0 atom stereocenters. The zero-order valence-electron chi connectivity index (χ0n) is 13.7. The van der Waals surface area contributed by atoms with Crippen LogP contribution in [0.2, 0.25) is 5.02 Å². The predicted molar refractivity (Wildman–Crippen MR) is 106 cm³/mol. The van der Waals surface area contributed by atoms with Gasteiger partial charge in [0, 0.05) is 22.8 Å². The highest BCUT2D eigenvalue weighted by molar-refractivity contribution is 7.80. The van der Waals surface area contributed by atoms with E-state index in [0.29, 0.717) is 15.0 Å². The van der Waals surface area contributed by atoms with Gasteiger partial charge in [-0.25, -0.2) is 4.79 Å². The number of thiocarbonyl (C=S) groups is 1. The lowest BCUT2D eigenvalue weighted by molar-refractivity contribution is 0.0606. The van der Waals surface area contributed by atoms with Crippen LogP contribution in [0.3, 0.4) is 0 Å². The Kier molecular flexibility index (Phi) is 4.94. The maximum absolute atomic E-state index is 11.8. The van der Waals surface area contributed by atoms with Crippen LogP contribution in [0.5, 0.6) is 0 Å². The molecule has 9 heteroatoms. The Balaban J connectivity index is 1.81. The van der Waals surface area contributed by atoms with Gasteiger partial charge in [-0.3, -0.25) is 4.68 Å². The van der Waals surface area contributed by atoms with Gasteiger partial charge in [-0.05, 0) is 37.3 Å². The smallest absolute Gasteiger partial charge is 0.349 e. The van der Waals surface area contributed by atoms with Gasteiger partial charge in [-0.15, -0.1) is 11.3 Å². The molecule has 0 fully saturated rings. The lowest BCUT2D eigenvalue weighted by Gasteiger charge is -2.10. The van der Waals surface area contributed by atoms with Crippen molar-refractivity contribution >= 4 is 67.7 Å². The summed E-state index contributed by atoms with van der Waals surface area (Å²) in [7, 11) is 3.20. The largest absolute Gasteiger partial charge is 0.465 e. The minimum atomic E-state index is -0.440. The number of hydrogen-bond donors (Lipinski definition) is 2. The molecule has 1 aromatic carbocycles. The number of rotatable bonds is 3. The maximum Gasteiger partial charge on any atom is 0.349 e. The predicted octanol–water partition coefficient (Wildman–Crippen LogP) is 4.19. The lowest BCUT2D eigenvalue weighted by Crippen LogP contribution is -2.19. The summed E-state index contributed by atoms with van der Waals surface area (Å²) in [5, 5.41) is 12.1. The van der Waals surface area contributed by atoms with Gasteiger partial charge in [0.15, 0.2) is 5.11 Å². The van der Waals surface area contributed by atoms with Crippen LogP contribution in [0.4, 0.5) is 11.4 Å². The summed E-state index contributed by atoms with van der Waals surface area (Å²) < 4.78 is 7.39. The number of carbonyl (C=O) groups excluding carboxylic acids is 1. The molecule has 6 nitrogen and oxygen atoms in total. The average molecular weight is 395 g/mol. The molecule has 3 aromatic rings. The second kappa shape index (κ2) is 6.99. The van der Waals surface area contributed by atoms with Crippen LogP contribution in [-0.2, 0) is 11.8 Å². The highest BCUT2D eigenvalue weighted by Crippen LogP contribution is 2.37. The molecule has 0 saturated heterocycles. The van der Waals surface area contributed by atoms with E-state index in [0.717, 1.165) is 27.2 Å². The van der Waals surface area contributed by atoms with Crippen molar-refractivity contribution < 1.29 is 9.53 Å². The monoisotopic (exact) mass is 394 g/mol. The van der Waals surface area contributed by atoms with Crippen molar-refractivity contribution in [3.63, 3.8) is 0 Å². The summed E-state index contributed by atoms with van der Waals surface area (Å²) in [6.45, 7) is 1.95. The average Bonchev–Trinajstić information content (AvgIpc) is 3.08. The number of aryl methyl sites for hydroxylation is 1. The number of nitrogens with one attached hydrogen (secondary N) is 2. The van der Waals surface area contributed by atoms with E-state index in [9.17, 15) is 4.79 Å². The molecule has 130 valence electrons. The van der Waals surface area contributed by atoms with Crippen LogP contribution in [0.1, 0.15) is 15.4 Å². The fraction of sp³-hybridized carbons (Fsp3) is 0.188. The molecule has 2 heterocycles. The Morgan fingerprint density at radius 3 is 2.80 bits per heavy atom. The van der Waals surface area contributed by atoms with Crippen LogP contribution in [0.25, 0.3) is 10.1 Å². The second-order valence-corrected chi connectivity index (χ2v) is 7.13. The first-order valence-corrected chi connectivity index (χ1v) is 8.88. The zero-order valence-corrected chi connectivity index (χ0v) is 16.1. The molecule has 0 bridgehead atoms. The highest BCUT2D eigenvalue weighted by atomic mass is 35.5. The van der Waals surface area contributed by atoms with Crippen LogP contribution in [0, 0.1) is 6.92 Å². The van der Waals surface area contributed by atoms with Crippen molar-refractivity contribution in [3.05, 3.63) is 40.0 Å². The summed E-state index contributed by atoms with van der Waals surface area (Å²) in [5.41, 5.74) is 2.61. The molecule has 0 aliphatic heterocycles. The van der Waals surface area contributed by atoms with Crippen molar-refractivity contribution in [1.82, 2.24) is 9.78 Å². The van der Waals surface area contributed by atoms with Gasteiger partial charge in [0.25, 0.3) is 0 Å². The van der Waals surface area contributed by atoms with E-state index in [1.807, 2.05) is 32.2 Å².